The Hall–Kier alpha value is -1.11. The highest BCUT2D eigenvalue weighted by atomic mass is 35.5. The third-order valence-corrected chi connectivity index (χ3v) is 2.74. The molecule has 0 bridgehead atoms. The first-order chi connectivity index (χ1) is 6.94. The van der Waals surface area contributed by atoms with Crippen LogP contribution in [0, 0.1) is 0 Å². The number of hydrogen-bond acceptors (Lipinski definition) is 3. The quantitative estimate of drug-likeness (QED) is 0.849. The molecule has 0 aromatic carbocycles. The molecule has 0 radical (unpaired) electrons. The van der Waals surface area contributed by atoms with Crippen LogP contribution < -0.4 is 5.14 Å². The van der Waals surface area contributed by atoms with E-state index in [1.165, 1.54) is 0 Å². The minimum atomic E-state index is -3.54. The molecule has 0 amide bonds. The van der Waals surface area contributed by atoms with Crippen molar-refractivity contribution in [3.05, 3.63) is 35.2 Å². The van der Waals surface area contributed by atoms with Gasteiger partial charge in [-0.1, -0.05) is 11.6 Å². The van der Waals surface area contributed by atoms with Crippen LogP contribution in [0.3, 0.4) is 0 Å². The molecule has 0 fully saturated rings. The Morgan fingerprint density at radius 2 is 2.13 bits per heavy atom. The summed E-state index contributed by atoms with van der Waals surface area (Å²) in [6.45, 7) is 0. The molecule has 0 aliphatic rings. The van der Waals surface area contributed by atoms with E-state index in [0.717, 1.165) is 0 Å². The zero-order valence-corrected chi connectivity index (χ0v) is 9.16. The highest BCUT2D eigenvalue weighted by molar-refractivity contribution is 7.88. The topological polar surface area (TPSA) is 77.5 Å². The van der Waals surface area contributed by atoms with E-state index in [-0.39, 0.29) is 5.75 Å². The van der Waals surface area contributed by atoms with Crippen LogP contribution in [-0.4, -0.2) is 17.8 Å². The molecule has 2 N–H and O–H groups in total. The lowest BCUT2D eigenvalue weighted by Gasteiger charge is -1.91. The van der Waals surface area contributed by atoms with Gasteiger partial charge in [0, 0.05) is 12.4 Å². The second-order valence-electron chi connectivity index (χ2n) is 3.15. The Balaban J connectivity index is 2.48. The van der Waals surface area contributed by atoms with Crippen molar-refractivity contribution in [3.63, 3.8) is 0 Å². The first-order valence-corrected chi connectivity index (χ1v) is 6.17. The summed E-state index contributed by atoms with van der Waals surface area (Å²) in [5.74, 6) is -0.272. The number of primary sulfonamides is 1. The summed E-state index contributed by atoms with van der Waals surface area (Å²) < 4.78 is 23.3. The number of sulfonamides is 1. The number of nitrogens with zero attached hydrogens (tertiary/aromatic N) is 2. The van der Waals surface area contributed by atoms with Gasteiger partial charge < -0.3 is 4.40 Å². The Bertz CT molecular complexity index is 605. The normalized spacial score (nSPS) is 12.1. The van der Waals surface area contributed by atoms with Crippen LogP contribution in [0.5, 0.6) is 0 Å². The minimum absolute atomic E-state index is 0.272. The maximum absolute atomic E-state index is 10.8. The number of halogens is 1. The summed E-state index contributed by atoms with van der Waals surface area (Å²) in [6, 6.07) is 3.39. The molecule has 0 spiro atoms. The van der Waals surface area contributed by atoms with Gasteiger partial charge in [-0.2, -0.15) is 0 Å². The summed E-state index contributed by atoms with van der Waals surface area (Å²) in [7, 11) is -3.54. The van der Waals surface area contributed by atoms with Gasteiger partial charge >= 0.3 is 0 Å². The molecule has 0 saturated carbocycles. The number of fused-ring (bicyclic) bond motifs is 1. The molecule has 2 heterocycles. The molecule has 2 rings (SSSR count). The highest BCUT2D eigenvalue weighted by Gasteiger charge is 2.08. The largest absolute Gasteiger partial charge is 0.305 e. The van der Waals surface area contributed by atoms with Crippen molar-refractivity contribution in [3.8, 4) is 0 Å². The third kappa shape index (κ3) is 2.47. The van der Waals surface area contributed by atoms with Gasteiger partial charge in [-0.05, 0) is 12.1 Å². The predicted octanol–water partition coefficient (Wildman–Crippen LogP) is 0.776. The number of nitrogens with two attached hydrogens (primary N) is 1. The van der Waals surface area contributed by atoms with E-state index in [2.05, 4.69) is 4.98 Å². The number of imidazole rings is 1. The van der Waals surface area contributed by atoms with Crippen molar-refractivity contribution in [1.29, 1.82) is 0 Å². The Morgan fingerprint density at radius 1 is 1.40 bits per heavy atom. The third-order valence-electron chi connectivity index (χ3n) is 1.81. The lowest BCUT2D eigenvalue weighted by Crippen LogP contribution is -2.14. The monoisotopic (exact) mass is 245 g/mol. The van der Waals surface area contributed by atoms with Crippen LogP contribution in [0.15, 0.2) is 24.5 Å². The van der Waals surface area contributed by atoms with Crippen LogP contribution in [0.25, 0.3) is 5.65 Å². The van der Waals surface area contributed by atoms with E-state index >= 15 is 0 Å². The number of rotatable bonds is 2. The maximum Gasteiger partial charge on any atom is 0.214 e. The van der Waals surface area contributed by atoms with E-state index in [1.54, 1.807) is 28.9 Å². The first kappa shape index (κ1) is 10.4. The maximum atomic E-state index is 10.8. The zero-order valence-electron chi connectivity index (χ0n) is 7.59. The smallest absolute Gasteiger partial charge is 0.214 e. The molecule has 15 heavy (non-hydrogen) atoms. The van der Waals surface area contributed by atoms with Gasteiger partial charge in [0.2, 0.25) is 10.0 Å². The van der Waals surface area contributed by atoms with Gasteiger partial charge in [0.1, 0.15) is 11.4 Å². The van der Waals surface area contributed by atoms with Crippen LogP contribution in [0.1, 0.15) is 5.69 Å². The van der Waals surface area contributed by atoms with Crippen molar-refractivity contribution in [1.82, 2.24) is 9.38 Å². The summed E-state index contributed by atoms with van der Waals surface area (Å²) in [4.78, 5) is 4.08. The van der Waals surface area contributed by atoms with Crippen LogP contribution in [0.4, 0.5) is 0 Å². The molecule has 0 saturated heterocycles. The summed E-state index contributed by atoms with van der Waals surface area (Å²) >= 11 is 5.77. The van der Waals surface area contributed by atoms with E-state index in [1.807, 2.05) is 0 Å². The molecule has 7 heteroatoms. The van der Waals surface area contributed by atoms with Gasteiger partial charge in [-0.3, -0.25) is 0 Å². The van der Waals surface area contributed by atoms with Crippen molar-refractivity contribution < 1.29 is 8.42 Å². The lowest BCUT2D eigenvalue weighted by atomic mass is 10.5. The second-order valence-corrected chi connectivity index (χ2v) is 5.20. The van der Waals surface area contributed by atoms with Crippen molar-refractivity contribution in [2.45, 2.75) is 5.75 Å². The van der Waals surface area contributed by atoms with Gasteiger partial charge in [0.15, 0.2) is 0 Å². The van der Waals surface area contributed by atoms with Crippen molar-refractivity contribution in [2.75, 3.05) is 0 Å². The van der Waals surface area contributed by atoms with Crippen LogP contribution in [0.2, 0.25) is 5.02 Å². The SMILES string of the molecule is NS(=O)(=O)Cc1cn2cc(Cl)ccc2n1. The molecular weight excluding hydrogens is 238 g/mol. The van der Waals surface area contributed by atoms with Crippen molar-refractivity contribution >= 4 is 27.3 Å². The highest BCUT2D eigenvalue weighted by Crippen LogP contribution is 2.12. The van der Waals surface area contributed by atoms with Crippen LogP contribution >= 0.6 is 11.6 Å². The minimum Gasteiger partial charge on any atom is -0.305 e. The number of hydrogen-bond donors (Lipinski definition) is 1. The molecule has 5 nitrogen and oxygen atoms in total. The predicted molar refractivity (Wildman–Crippen MR) is 57.0 cm³/mol. The Labute approximate surface area is 91.5 Å². The molecule has 0 atom stereocenters. The molecule has 2 aromatic rings. The Morgan fingerprint density at radius 3 is 2.80 bits per heavy atom. The van der Waals surface area contributed by atoms with Gasteiger partial charge in [0.05, 0.1) is 10.7 Å². The summed E-state index contributed by atoms with van der Waals surface area (Å²) in [6.07, 6.45) is 3.24. The second kappa shape index (κ2) is 3.48. The average molecular weight is 246 g/mol. The molecule has 0 aliphatic carbocycles. The molecule has 80 valence electrons. The Kier molecular flexibility index (Phi) is 2.41. The van der Waals surface area contributed by atoms with E-state index in [9.17, 15) is 8.42 Å². The van der Waals surface area contributed by atoms with Gasteiger partial charge in [-0.15, -0.1) is 0 Å². The van der Waals surface area contributed by atoms with Gasteiger partial charge in [0.25, 0.3) is 0 Å². The number of pyridine rings is 1. The fourth-order valence-corrected chi connectivity index (χ4v) is 2.01. The molecule has 0 aliphatic heterocycles. The first-order valence-electron chi connectivity index (χ1n) is 4.08. The van der Waals surface area contributed by atoms with E-state index < -0.39 is 10.0 Å². The fraction of sp³-hybridized carbons (Fsp3) is 0.125. The van der Waals surface area contributed by atoms with E-state index in [0.29, 0.717) is 16.4 Å². The van der Waals surface area contributed by atoms with E-state index in [4.69, 9.17) is 16.7 Å². The van der Waals surface area contributed by atoms with Crippen molar-refractivity contribution in [2.24, 2.45) is 5.14 Å². The summed E-state index contributed by atoms with van der Waals surface area (Å²) in [5, 5.41) is 5.47. The fourth-order valence-electron chi connectivity index (χ4n) is 1.29. The lowest BCUT2D eigenvalue weighted by molar-refractivity contribution is 0.596. The van der Waals surface area contributed by atoms with Gasteiger partial charge in [-0.25, -0.2) is 18.5 Å². The number of aromatic nitrogens is 2. The molecular formula is C8H8ClN3O2S. The average Bonchev–Trinajstić information content (AvgIpc) is 2.42. The molecule has 2 aromatic heterocycles. The standard InChI is InChI=1S/C8H8ClN3O2S/c9-6-1-2-8-11-7(4-12(8)3-6)5-15(10,13)14/h1-4H,5H2,(H2,10,13,14). The zero-order chi connectivity index (χ0) is 11.1. The molecule has 0 unspecified atom stereocenters. The van der Waals surface area contributed by atoms with Crippen LogP contribution in [-0.2, 0) is 15.8 Å². The summed E-state index contributed by atoms with van der Waals surface area (Å²) in [5.41, 5.74) is 1.04.